The Kier molecular flexibility index (Phi) is 8.34. The fraction of sp³-hybridized carbons (Fsp3) is 0.333. The van der Waals surface area contributed by atoms with Gasteiger partial charge in [-0.25, -0.2) is 9.80 Å². The van der Waals surface area contributed by atoms with E-state index in [4.69, 9.17) is 4.74 Å². The number of nitro benzene ring substituents is 2. The molecule has 268 valence electrons. The highest BCUT2D eigenvalue weighted by atomic mass is 127. The molecule has 0 aromatic heterocycles. The van der Waals surface area contributed by atoms with Crippen LogP contribution in [0, 0.1) is 52.9 Å². The van der Waals surface area contributed by atoms with E-state index in [1.165, 1.54) is 31.0 Å². The van der Waals surface area contributed by atoms with E-state index in [-0.39, 0.29) is 35.7 Å². The lowest BCUT2D eigenvalue weighted by Crippen LogP contribution is -2.48. The third-order valence-corrected chi connectivity index (χ3v) is 11.9. The molecule has 52 heavy (non-hydrogen) atoms. The van der Waals surface area contributed by atoms with E-state index in [1.54, 1.807) is 49.4 Å². The second-order valence-electron chi connectivity index (χ2n) is 13.8. The second kappa shape index (κ2) is 12.4. The standard InChI is InChI=1S/C36H32IN5O10/c1-36-23(33(45)40(35(36)47)18-8-6-5-7-9-18)16-22-20(29(36)17-12-24(37)31(43)27(13-17)52-4)10-11-21-28(22)34(46)39(32(21)44)19-14-25(41(48)49)30(38(2)3)26(15-19)42(50)51/h5-10,12-15,21-23,28-29,43H,11,16H2,1-4H3. The quantitative estimate of drug-likeness (QED) is 0.107. The van der Waals surface area contributed by atoms with E-state index in [2.05, 4.69) is 0 Å². The summed E-state index contributed by atoms with van der Waals surface area (Å²) >= 11 is 1.95. The zero-order valence-corrected chi connectivity index (χ0v) is 30.5. The topological polar surface area (TPSA) is 194 Å². The Hall–Kier alpha value is -5.39. The summed E-state index contributed by atoms with van der Waals surface area (Å²) in [6.45, 7) is 1.74. The zero-order valence-electron chi connectivity index (χ0n) is 28.3. The molecule has 4 aliphatic rings. The number of carbonyl (C=O) groups is 4. The van der Waals surface area contributed by atoms with Crippen molar-refractivity contribution >= 4 is 74.7 Å². The molecule has 0 spiro atoms. The molecule has 4 amide bonds. The van der Waals surface area contributed by atoms with Crippen LogP contribution in [0.3, 0.4) is 0 Å². The maximum Gasteiger partial charge on any atom is 0.301 e. The van der Waals surface area contributed by atoms with Gasteiger partial charge in [-0.15, -0.1) is 0 Å². The van der Waals surface area contributed by atoms with Crippen LogP contribution in [-0.4, -0.2) is 59.8 Å². The number of rotatable bonds is 7. The molecular weight excluding hydrogens is 789 g/mol. The minimum Gasteiger partial charge on any atom is -0.504 e. The van der Waals surface area contributed by atoms with Gasteiger partial charge in [0, 0.05) is 32.1 Å². The van der Waals surface area contributed by atoms with E-state index >= 15 is 0 Å². The van der Waals surface area contributed by atoms with Gasteiger partial charge in [-0.1, -0.05) is 29.8 Å². The highest BCUT2D eigenvalue weighted by Crippen LogP contribution is 2.64. The average Bonchev–Trinajstić information content (AvgIpc) is 3.48. The molecule has 3 aromatic rings. The molecule has 2 aliphatic carbocycles. The third kappa shape index (κ3) is 4.90. The maximum absolute atomic E-state index is 14.6. The fourth-order valence-corrected chi connectivity index (χ4v) is 9.47. The molecule has 2 saturated heterocycles. The Labute approximate surface area is 310 Å². The highest BCUT2D eigenvalue weighted by Gasteiger charge is 2.67. The molecule has 16 heteroatoms. The Bertz CT molecular complexity index is 2120. The molecule has 7 rings (SSSR count). The number of hydrogen-bond acceptors (Lipinski definition) is 11. The van der Waals surface area contributed by atoms with E-state index < -0.39 is 79.9 Å². The van der Waals surface area contributed by atoms with Gasteiger partial charge in [-0.2, -0.15) is 0 Å². The maximum atomic E-state index is 14.6. The van der Waals surface area contributed by atoms with Crippen molar-refractivity contribution in [2.24, 2.45) is 29.1 Å². The van der Waals surface area contributed by atoms with Gasteiger partial charge in [0.1, 0.15) is 0 Å². The normalized spacial score (nSPS) is 26.5. The Morgan fingerprint density at radius 1 is 0.904 bits per heavy atom. The molecule has 0 radical (unpaired) electrons. The number of nitrogens with zero attached hydrogens (tertiary/aromatic N) is 5. The van der Waals surface area contributed by atoms with Gasteiger partial charge < -0.3 is 14.7 Å². The molecule has 1 N–H and O–H groups in total. The predicted molar refractivity (Wildman–Crippen MR) is 195 cm³/mol. The van der Waals surface area contributed by atoms with Gasteiger partial charge in [0.2, 0.25) is 23.6 Å². The summed E-state index contributed by atoms with van der Waals surface area (Å²) in [5.41, 5.74) is -1.61. The van der Waals surface area contributed by atoms with Gasteiger partial charge in [0.05, 0.1) is 55.1 Å². The van der Waals surface area contributed by atoms with Gasteiger partial charge in [0.15, 0.2) is 17.2 Å². The second-order valence-corrected chi connectivity index (χ2v) is 15.0. The molecule has 0 bridgehead atoms. The number of phenolic OH excluding ortho intramolecular Hbond substituents is 1. The first-order valence-electron chi connectivity index (χ1n) is 16.3. The van der Waals surface area contributed by atoms with Crippen molar-refractivity contribution in [2.75, 3.05) is 35.9 Å². The van der Waals surface area contributed by atoms with E-state index in [9.17, 15) is 44.5 Å². The molecule has 6 atom stereocenters. The van der Waals surface area contributed by atoms with E-state index in [0.29, 0.717) is 20.4 Å². The number of aromatic hydroxyl groups is 1. The van der Waals surface area contributed by atoms with Crippen molar-refractivity contribution < 1.29 is 38.9 Å². The van der Waals surface area contributed by atoms with Gasteiger partial charge >= 0.3 is 11.4 Å². The van der Waals surface area contributed by atoms with Crippen LogP contribution in [0.1, 0.15) is 31.2 Å². The molecule has 3 fully saturated rings. The van der Waals surface area contributed by atoms with Crippen LogP contribution in [0.4, 0.5) is 28.4 Å². The number of nitro groups is 2. The number of phenols is 1. The first-order valence-corrected chi connectivity index (χ1v) is 17.4. The fourth-order valence-electron chi connectivity index (χ4n) is 8.84. The first-order chi connectivity index (χ1) is 24.6. The summed E-state index contributed by atoms with van der Waals surface area (Å²) in [6, 6.07) is 13.8. The van der Waals surface area contributed by atoms with Crippen molar-refractivity contribution in [2.45, 2.75) is 25.7 Å². The predicted octanol–water partition coefficient (Wildman–Crippen LogP) is 5.32. The number of anilines is 3. The van der Waals surface area contributed by atoms with Crippen LogP contribution in [0.2, 0.25) is 0 Å². The van der Waals surface area contributed by atoms with Crippen molar-refractivity contribution in [3.05, 3.63) is 95.6 Å². The Balaban J connectivity index is 1.38. The van der Waals surface area contributed by atoms with Crippen LogP contribution in [-0.2, 0) is 19.2 Å². The van der Waals surface area contributed by atoms with Crippen molar-refractivity contribution in [3.63, 3.8) is 0 Å². The number of fused-ring (bicyclic) bond motifs is 4. The van der Waals surface area contributed by atoms with E-state index in [0.717, 1.165) is 17.0 Å². The first kappa shape index (κ1) is 35.0. The largest absolute Gasteiger partial charge is 0.504 e. The number of methoxy groups -OCH3 is 1. The Morgan fingerprint density at radius 2 is 1.54 bits per heavy atom. The minimum absolute atomic E-state index is 0.0486. The summed E-state index contributed by atoms with van der Waals surface area (Å²) in [4.78, 5) is 83.5. The number of allylic oxidation sites excluding steroid dienone is 2. The SMILES string of the molecule is COc1cc(C2C3=CCC4C(=O)N(c5cc([N+](=O)[O-])c(N(C)C)c([N+](=O)[O-])c5)C(=O)C4C3CC3C(=O)N(c4ccccc4)C(=O)C32C)cc(I)c1O. The van der Waals surface area contributed by atoms with Gasteiger partial charge in [0.25, 0.3) is 0 Å². The summed E-state index contributed by atoms with van der Waals surface area (Å²) in [6.07, 6.45) is 1.96. The number of carbonyl (C=O) groups excluding carboxylic acids is 4. The molecule has 2 heterocycles. The number of amides is 4. The summed E-state index contributed by atoms with van der Waals surface area (Å²) < 4.78 is 5.91. The highest BCUT2D eigenvalue weighted by molar-refractivity contribution is 14.1. The zero-order chi connectivity index (χ0) is 37.5. The van der Waals surface area contributed by atoms with Crippen LogP contribution in [0.15, 0.2) is 66.2 Å². The number of hydrogen-bond donors (Lipinski definition) is 1. The molecule has 2 aliphatic heterocycles. The smallest absolute Gasteiger partial charge is 0.301 e. The lowest BCUT2D eigenvalue weighted by molar-refractivity contribution is -0.392. The Morgan fingerprint density at radius 3 is 2.12 bits per heavy atom. The summed E-state index contributed by atoms with van der Waals surface area (Å²) in [7, 11) is 4.22. The lowest BCUT2D eigenvalue weighted by atomic mass is 9.51. The molecule has 1 saturated carbocycles. The van der Waals surface area contributed by atoms with Crippen molar-refractivity contribution in [1.82, 2.24) is 0 Å². The summed E-state index contributed by atoms with van der Waals surface area (Å²) in [5, 5.41) is 35.0. The number of halogens is 1. The molecule has 15 nitrogen and oxygen atoms in total. The monoisotopic (exact) mass is 821 g/mol. The number of imide groups is 2. The summed E-state index contributed by atoms with van der Waals surface area (Å²) in [5.74, 6) is -6.61. The molecular formula is C36H32IN5O10. The van der Waals surface area contributed by atoms with E-state index in [1.807, 2.05) is 28.7 Å². The number of benzene rings is 3. The van der Waals surface area contributed by atoms with Crippen LogP contribution in [0.5, 0.6) is 11.5 Å². The van der Waals surface area contributed by atoms with Crippen molar-refractivity contribution in [1.29, 1.82) is 0 Å². The van der Waals surface area contributed by atoms with Gasteiger partial charge in [-0.3, -0.25) is 39.4 Å². The molecule has 6 unspecified atom stereocenters. The average molecular weight is 822 g/mol. The van der Waals surface area contributed by atoms with Crippen molar-refractivity contribution in [3.8, 4) is 11.5 Å². The van der Waals surface area contributed by atoms with Crippen LogP contribution < -0.4 is 19.4 Å². The third-order valence-electron chi connectivity index (χ3n) is 11.0. The van der Waals surface area contributed by atoms with Crippen LogP contribution in [0.25, 0.3) is 0 Å². The molecule has 3 aromatic carbocycles. The minimum atomic E-state index is -1.35. The van der Waals surface area contributed by atoms with Crippen LogP contribution >= 0.6 is 22.6 Å². The lowest BCUT2D eigenvalue weighted by Gasteiger charge is -2.49. The number of para-hydroxylation sites is 1. The van der Waals surface area contributed by atoms with Gasteiger partial charge in [-0.05, 0) is 78.1 Å². The number of ether oxygens (including phenoxy) is 1.